The molecule has 34 heavy (non-hydrogen) atoms. The van der Waals surface area contributed by atoms with E-state index in [1.54, 1.807) is 48.5 Å². The van der Waals surface area contributed by atoms with Gasteiger partial charge in [0.05, 0.1) is 23.0 Å². The molecule has 1 fully saturated rings. The summed E-state index contributed by atoms with van der Waals surface area (Å²) in [6.07, 6.45) is 3.18. The lowest BCUT2D eigenvalue weighted by Gasteiger charge is -2.19. The summed E-state index contributed by atoms with van der Waals surface area (Å²) in [5.74, 6) is -1.23. The first-order valence-corrected chi connectivity index (χ1v) is 11.1. The van der Waals surface area contributed by atoms with Crippen LogP contribution in [0.5, 0.6) is 0 Å². The first-order valence-electron chi connectivity index (χ1n) is 11.1. The van der Waals surface area contributed by atoms with Crippen molar-refractivity contribution in [1.29, 1.82) is 0 Å². The third-order valence-corrected chi connectivity index (χ3v) is 5.98. The Balaban J connectivity index is 1.42. The summed E-state index contributed by atoms with van der Waals surface area (Å²) in [6.45, 7) is 1.32. The molecule has 0 aromatic heterocycles. The lowest BCUT2D eigenvalue weighted by atomic mass is 9.88. The molecule has 174 valence electrons. The van der Waals surface area contributed by atoms with Crippen LogP contribution >= 0.6 is 0 Å². The summed E-state index contributed by atoms with van der Waals surface area (Å²) >= 11 is 0. The quantitative estimate of drug-likeness (QED) is 0.379. The van der Waals surface area contributed by atoms with E-state index in [-0.39, 0.29) is 29.3 Å². The lowest BCUT2D eigenvalue weighted by Crippen LogP contribution is -2.28. The number of hydrogen-bond donors (Lipinski definition) is 3. The van der Waals surface area contributed by atoms with Gasteiger partial charge in [0.2, 0.25) is 11.8 Å². The molecule has 3 aromatic carbocycles. The van der Waals surface area contributed by atoms with E-state index in [0.29, 0.717) is 17.9 Å². The van der Waals surface area contributed by atoms with E-state index >= 15 is 0 Å². The summed E-state index contributed by atoms with van der Waals surface area (Å²) in [6, 6.07) is 21.0. The van der Waals surface area contributed by atoms with Crippen molar-refractivity contribution in [1.82, 2.24) is 4.90 Å². The highest BCUT2D eigenvalue weighted by molar-refractivity contribution is 6.03. The summed E-state index contributed by atoms with van der Waals surface area (Å²) in [7, 11) is 1.97. The number of halogens is 1. The molecule has 0 unspecified atom stereocenters. The molecule has 1 heterocycles. The van der Waals surface area contributed by atoms with E-state index in [4.69, 9.17) is 5.73 Å². The van der Waals surface area contributed by atoms with Crippen molar-refractivity contribution in [3.63, 3.8) is 0 Å². The zero-order valence-corrected chi connectivity index (χ0v) is 18.9. The molecule has 4 rings (SSSR count). The van der Waals surface area contributed by atoms with Gasteiger partial charge in [-0.2, -0.15) is 0 Å². The van der Waals surface area contributed by atoms with Crippen molar-refractivity contribution in [2.24, 2.45) is 5.92 Å². The van der Waals surface area contributed by atoms with Crippen molar-refractivity contribution in [2.75, 3.05) is 36.5 Å². The number of nitrogens with one attached hydrogen (secondary N) is 2. The fraction of sp³-hybridized carbons (Fsp3) is 0.185. The zero-order valence-electron chi connectivity index (χ0n) is 18.9. The summed E-state index contributed by atoms with van der Waals surface area (Å²) in [4.78, 5) is 27.3. The predicted molar refractivity (Wildman–Crippen MR) is 134 cm³/mol. The molecule has 4 N–H and O–H groups in total. The molecule has 2 atom stereocenters. The Bertz CT molecular complexity index is 1210. The molecule has 0 aliphatic carbocycles. The standard InChI is InChI=1S/C27H27FN4O2/c1-32-16-20(21(17-32)27(34)31-24-8-4-2-6-22(24)28)19-13-10-18(11-14-19)12-15-26(33)30-25-9-5-3-7-23(25)29/h2-15,20-21H,16-17,29H2,1H3,(H,30,33)(H,31,34)/b15-12+/t20-,21+/m1/s1. The highest BCUT2D eigenvalue weighted by atomic mass is 19.1. The second-order valence-corrected chi connectivity index (χ2v) is 8.48. The van der Waals surface area contributed by atoms with Crippen LogP contribution in [-0.2, 0) is 9.59 Å². The van der Waals surface area contributed by atoms with Crippen LogP contribution in [0.4, 0.5) is 21.5 Å². The van der Waals surface area contributed by atoms with Crippen LogP contribution < -0.4 is 16.4 Å². The van der Waals surface area contributed by atoms with Gasteiger partial charge in [-0.25, -0.2) is 4.39 Å². The molecule has 0 spiro atoms. The molecule has 0 radical (unpaired) electrons. The van der Waals surface area contributed by atoms with Crippen LogP contribution in [0.3, 0.4) is 0 Å². The minimum atomic E-state index is -0.450. The predicted octanol–water partition coefficient (Wildman–Crippen LogP) is 4.34. The minimum Gasteiger partial charge on any atom is -0.397 e. The van der Waals surface area contributed by atoms with Gasteiger partial charge >= 0.3 is 0 Å². The maximum atomic E-state index is 14.0. The van der Waals surface area contributed by atoms with Crippen molar-refractivity contribution in [3.8, 4) is 0 Å². The normalized spacial score (nSPS) is 18.2. The van der Waals surface area contributed by atoms with Gasteiger partial charge in [0.25, 0.3) is 0 Å². The number of nitrogen functional groups attached to an aromatic ring is 1. The number of nitrogens with two attached hydrogens (primary N) is 1. The monoisotopic (exact) mass is 458 g/mol. The highest BCUT2D eigenvalue weighted by Crippen LogP contribution is 2.33. The topological polar surface area (TPSA) is 87.5 Å². The summed E-state index contributed by atoms with van der Waals surface area (Å²) in [5, 5.41) is 5.49. The van der Waals surface area contributed by atoms with Crippen LogP contribution in [-0.4, -0.2) is 36.9 Å². The molecule has 0 saturated carbocycles. The highest BCUT2D eigenvalue weighted by Gasteiger charge is 2.37. The molecule has 1 saturated heterocycles. The maximum Gasteiger partial charge on any atom is 0.248 e. The van der Waals surface area contributed by atoms with Crippen molar-refractivity contribution >= 4 is 35.0 Å². The SMILES string of the molecule is CN1C[C@H](C(=O)Nc2ccccc2F)[C@@H](c2ccc(/C=C/C(=O)Nc3ccccc3N)cc2)C1. The first-order chi connectivity index (χ1) is 16.4. The van der Waals surface area contributed by atoms with Gasteiger partial charge in [0.1, 0.15) is 5.82 Å². The van der Waals surface area contributed by atoms with Crippen LogP contribution in [0.15, 0.2) is 78.9 Å². The molecule has 1 aliphatic heterocycles. The number of amides is 2. The van der Waals surface area contributed by atoms with Gasteiger partial charge in [-0.1, -0.05) is 48.5 Å². The Morgan fingerprint density at radius 2 is 1.62 bits per heavy atom. The van der Waals surface area contributed by atoms with Gasteiger partial charge in [-0.05, 0) is 48.5 Å². The Hall–Kier alpha value is -3.97. The number of likely N-dealkylation sites (tertiary alicyclic amines) is 1. The lowest BCUT2D eigenvalue weighted by molar-refractivity contribution is -0.120. The molecule has 6 nitrogen and oxygen atoms in total. The largest absolute Gasteiger partial charge is 0.397 e. The van der Waals surface area contributed by atoms with E-state index in [0.717, 1.165) is 17.7 Å². The van der Waals surface area contributed by atoms with E-state index in [1.165, 1.54) is 12.1 Å². The van der Waals surface area contributed by atoms with E-state index in [2.05, 4.69) is 15.5 Å². The molecule has 1 aliphatic rings. The number of nitrogens with zero attached hydrogens (tertiary/aromatic N) is 1. The van der Waals surface area contributed by atoms with Gasteiger partial charge < -0.3 is 21.3 Å². The number of para-hydroxylation sites is 3. The zero-order chi connectivity index (χ0) is 24.1. The van der Waals surface area contributed by atoms with Crippen molar-refractivity contribution in [2.45, 2.75) is 5.92 Å². The van der Waals surface area contributed by atoms with Gasteiger partial charge in [-0.15, -0.1) is 0 Å². The average Bonchev–Trinajstić information content (AvgIpc) is 3.23. The maximum absolute atomic E-state index is 14.0. The molecule has 7 heteroatoms. The van der Waals surface area contributed by atoms with Crippen LogP contribution in [0.2, 0.25) is 0 Å². The van der Waals surface area contributed by atoms with Crippen LogP contribution in [0.25, 0.3) is 6.08 Å². The van der Waals surface area contributed by atoms with Crippen molar-refractivity contribution in [3.05, 3.63) is 95.8 Å². The Morgan fingerprint density at radius 3 is 2.32 bits per heavy atom. The number of hydrogen-bond acceptors (Lipinski definition) is 4. The van der Waals surface area contributed by atoms with Crippen LogP contribution in [0, 0.1) is 11.7 Å². The number of benzene rings is 3. The van der Waals surface area contributed by atoms with Gasteiger partial charge in [0, 0.05) is 25.1 Å². The number of anilines is 3. The number of carbonyl (C=O) groups is 2. The fourth-order valence-corrected chi connectivity index (χ4v) is 4.20. The smallest absolute Gasteiger partial charge is 0.248 e. The Morgan fingerprint density at radius 1 is 0.941 bits per heavy atom. The molecular formula is C27H27FN4O2. The third kappa shape index (κ3) is 5.50. The number of rotatable bonds is 6. The molecule has 3 aromatic rings. The van der Waals surface area contributed by atoms with Crippen LogP contribution in [0.1, 0.15) is 17.0 Å². The molecule has 2 amide bonds. The van der Waals surface area contributed by atoms with Gasteiger partial charge in [0.15, 0.2) is 0 Å². The summed E-state index contributed by atoms with van der Waals surface area (Å²) in [5.41, 5.74) is 9.00. The van der Waals surface area contributed by atoms with E-state index < -0.39 is 5.82 Å². The molecular weight excluding hydrogens is 431 g/mol. The number of likely N-dealkylation sites (N-methyl/N-ethyl adjacent to an activating group) is 1. The van der Waals surface area contributed by atoms with E-state index in [1.807, 2.05) is 31.3 Å². The van der Waals surface area contributed by atoms with E-state index in [9.17, 15) is 14.0 Å². The second-order valence-electron chi connectivity index (χ2n) is 8.48. The van der Waals surface area contributed by atoms with Gasteiger partial charge in [-0.3, -0.25) is 9.59 Å². The van der Waals surface area contributed by atoms with Crippen molar-refractivity contribution < 1.29 is 14.0 Å². The summed E-state index contributed by atoms with van der Waals surface area (Å²) < 4.78 is 14.0. The minimum absolute atomic E-state index is 0.0147. The average molecular weight is 459 g/mol. The first kappa shape index (κ1) is 23.2. The fourth-order valence-electron chi connectivity index (χ4n) is 4.20. The second kappa shape index (κ2) is 10.3. The third-order valence-electron chi connectivity index (χ3n) is 5.98. The Labute approximate surface area is 198 Å². The Kier molecular flexibility index (Phi) is 7.04. The number of carbonyl (C=O) groups excluding carboxylic acids is 2. The molecule has 0 bridgehead atoms.